The monoisotopic (exact) mass is 531 g/mol. The molecule has 37 heavy (non-hydrogen) atoms. The summed E-state index contributed by atoms with van der Waals surface area (Å²) in [5, 5.41) is 11.2. The Balaban J connectivity index is 1.67. The van der Waals surface area contributed by atoms with E-state index < -0.39 is 15.5 Å². The minimum atomic E-state index is -3.62. The smallest absolute Gasteiger partial charge is 0.264 e. The van der Waals surface area contributed by atoms with Crippen LogP contribution in [-0.2, 0) is 19.7 Å². The van der Waals surface area contributed by atoms with Gasteiger partial charge in [-0.2, -0.15) is 8.42 Å². The minimum absolute atomic E-state index is 0.0205. The van der Waals surface area contributed by atoms with E-state index >= 15 is 0 Å². The number of rotatable bonds is 10. The van der Waals surface area contributed by atoms with E-state index in [1.165, 1.54) is 18.1 Å². The molecule has 1 aliphatic rings. The molecule has 3 aromatic rings. The summed E-state index contributed by atoms with van der Waals surface area (Å²) in [6.45, 7) is 0.768. The van der Waals surface area contributed by atoms with Crippen molar-refractivity contribution < 1.29 is 31.6 Å². The molecule has 0 saturated carbocycles. The van der Waals surface area contributed by atoms with Gasteiger partial charge in [0.1, 0.15) is 12.1 Å². The summed E-state index contributed by atoms with van der Waals surface area (Å²) in [5.41, 5.74) is 1.31. The largest absolute Gasteiger partial charge is 0.496 e. The van der Waals surface area contributed by atoms with Crippen LogP contribution in [0.15, 0.2) is 42.7 Å². The summed E-state index contributed by atoms with van der Waals surface area (Å²) in [7, 11) is 0.993. The van der Waals surface area contributed by atoms with Gasteiger partial charge < -0.3 is 19.1 Å². The van der Waals surface area contributed by atoms with Gasteiger partial charge in [0, 0.05) is 18.5 Å². The zero-order chi connectivity index (χ0) is 26.6. The van der Waals surface area contributed by atoms with Crippen LogP contribution in [0.2, 0.25) is 0 Å². The van der Waals surface area contributed by atoms with Gasteiger partial charge in [0.2, 0.25) is 0 Å². The molecule has 13 heteroatoms. The highest BCUT2D eigenvalue weighted by molar-refractivity contribution is 7.85. The molecule has 1 atom stereocenters. The SMILES string of the molecule is COc1ccc(C2(CCOS(C)(=O)=O)CCN(C(=O)c3cc(-n4cnnn4)ccc3OC)C2)cc1OC. The standard InChI is InChI=1S/C24H29N5O7S/c1-33-20-8-6-18(29-16-25-26-27-29)14-19(20)23(30)28-11-9-24(15-28,10-12-36-37(4,31)32)17-5-7-21(34-2)22(13-17)35-3/h5-8,13-14,16H,9-12,15H2,1-4H3. The number of hydrogen-bond donors (Lipinski definition) is 0. The predicted octanol–water partition coefficient (Wildman–Crippen LogP) is 1.84. The molecule has 1 saturated heterocycles. The molecule has 1 aliphatic heterocycles. The Morgan fingerprint density at radius 1 is 1.03 bits per heavy atom. The number of likely N-dealkylation sites (tertiary alicyclic amines) is 1. The molecular weight excluding hydrogens is 502 g/mol. The summed E-state index contributed by atoms with van der Waals surface area (Å²) in [4.78, 5) is 15.5. The average Bonchev–Trinajstić information content (AvgIpc) is 3.58. The summed E-state index contributed by atoms with van der Waals surface area (Å²) >= 11 is 0. The van der Waals surface area contributed by atoms with Crippen LogP contribution >= 0.6 is 0 Å². The fraction of sp³-hybridized carbons (Fsp3) is 0.417. The van der Waals surface area contributed by atoms with Gasteiger partial charge in [-0.1, -0.05) is 6.07 Å². The summed E-state index contributed by atoms with van der Waals surface area (Å²) < 4.78 is 46.1. The first-order valence-electron chi connectivity index (χ1n) is 11.5. The number of hydrogen-bond acceptors (Lipinski definition) is 10. The summed E-state index contributed by atoms with van der Waals surface area (Å²) in [6, 6.07) is 10.7. The number of nitrogens with zero attached hydrogens (tertiary/aromatic N) is 5. The van der Waals surface area contributed by atoms with Gasteiger partial charge in [-0.15, -0.1) is 5.10 Å². The van der Waals surface area contributed by atoms with E-state index in [-0.39, 0.29) is 12.5 Å². The Bertz CT molecular complexity index is 1360. The maximum atomic E-state index is 13.7. The quantitative estimate of drug-likeness (QED) is 0.357. The van der Waals surface area contributed by atoms with Crippen molar-refractivity contribution >= 4 is 16.0 Å². The molecule has 0 radical (unpaired) electrons. The number of aromatic nitrogens is 4. The van der Waals surface area contributed by atoms with Crippen molar-refractivity contribution in [3.63, 3.8) is 0 Å². The second kappa shape index (κ2) is 10.7. The van der Waals surface area contributed by atoms with E-state index in [2.05, 4.69) is 15.5 Å². The molecule has 2 heterocycles. The maximum Gasteiger partial charge on any atom is 0.264 e. The number of tetrazole rings is 1. The second-order valence-electron chi connectivity index (χ2n) is 8.74. The van der Waals surface area contributed by atoms with Gasteiger partial charge in [0.25, 0.3) is 16.0 Å². The zero-order valence-corrected chi connectivity index (χ0v) is 21.9. The number of carbonyl (C=O) groups is 1. The maximum absolute atomic E-state index is 13.7. The topological polar surface area (TPSA) is 135 Å². The summed E-state index contributed by atoms with van der Waals surface area (Å²) in [5.74, 6) is 1.32. The molecule has 12 nitrogen and oxygen atoms in total. The van der Waals surface area contributed by atoms with E-state index in [9.17, 15) is 13.2 Å². The van der Waals surface area contributed by atoms with Crippen LogP contribution in [0.3, 0.4) is 0 Å². The Labute approximate surface area is 215 Å². The van der Waals surface area contributed by atoms with Gasteiger partial charge >= 0.3 is 0 Å². The highest BCUT2D eigenvalue weighted by atomic mass is 32.2. The third-order valence-electron chi connectivity index (χ3n) is 6.54. The van der Waals surface area contributed by atoms with Crippen LogP contribution in [0.25, 0.3) is 5.69 Å². The lowest BCUT2D eigenvalue weighted by Gasteiger charge is -2.30. The van der Waals surface area contributed by atoms with Crippen LogP contribution in [-0.4, -0.2) is 86.7 Å². The van der Waals surface area contributed by atoms with Crippen molar-refractivity contribution in [3.05, 3.63) is 53.9 Å². The van der Waals surface area contributed by atoms with E-state index in [4.69, 9.17) is 18.4 Å². The van der Waals surface area contributed by atoms with Crippen LogP contribution < -0.4 is 14.2 Å². The van der Waals surface area contributed by atoms with Gasteiger partial charge in [-0.05, 0) is 59.2 Å². The lowest BCUT2D eigenvalue weighted by Crippen LogP contribution is -2.36. The molecule has 4 rings (SSSR count). The lowest BCUT2D eigenvalue weighted by atomic mass is 9.77. The molecule has 0 N–H and O–H groups in total. The molecule has 1 aromatic heterocycles. The highest BCUT2D eigenvalue weighted by Crippen LogP contribution is 2.42. The number of benzene rings is 2. The van der Waals surface area contributed by atoms with E-state index in [1.807, 2.05) is 12.1 Å². The normalized spacial score (nSPS) is 17.6. The first-order chi connectivity index (χ1) is 17.7. The van der Waals surface area contributed by atoms with Crippen LogP contribution in [0.1, 0.15) is 28.8 Å². The van der Waals surface area contributed by atoms with Gasteiger partial charge in [0.05, 0.1) is 45.4 Å². The third-order valence-corrected chi connectivity index (χ3v) is 7.14. The van der Waals surface area contributed by atoms with Gasteiger partial charge in [-0.3, -0.25) is 8.98 Å². The zero-order valence-electron chi connectivity index (χ0n) is 21.1. The molecule has 1 fully saturated rings. The fourth-order valence-electron chi connectivity index (χ4n) is 4.64. The van der Waals surface area contributed by atoms with Crippen molar-refractivity contribution in [1.82, 2.24) is 25.1 Å². The number of carbonyl (C=O) groups excluding carboxylic acids is 1. The Morgan fingerprint density at radius 2 is 1.76 bits per heavy atom. The van der Waals surface area contributed by atoms with Crippen LogP contribution in [0.5, 0.6) is 17.2 Å². The first kappa shape index (κ1) is 26.4. The molecule has 2 aromatic carbocycles. The molecule has 1 amide bonds. The fourth-order valence-corrected chi connectivity index (χ4v) is 5.03. The number of ether oxygens (including phenoxy) is 3. The van der Waals surface area contributed by atoms with E-state index in [0.29, 0.717) is 54.4 Å². The van der Waals surface area contributed by atoms with Crippen molar-refractivity contribution in [2.45, 2.75) is 18.3 Å². The van der Waals surface area contributed by atoms with Crippen molar-refractivity contribution in [2.24, 2.45) is 0 Å². The highest BCUT2D eigenvalue weighted by Gasteiger charge is 2.42. The predicted molar refractivity (Wildman–Crippen MR) is 133 cm³/mol. The number of methoxy groups -OCH3 is 3. The number of amides is 1. The molecule has 0 spiro atoms. The summed E-state index contributed by atoms with van der Waals surface area (Å²) in [6.07, 6.45) is 3.43. The Kier molecular flexibility index (Phi) is 7.64. The van der Waals surface area contributed by atoms with Crippen molar-refractivity contribution in [2.75, 3.05) is 47.3 Å². The molecule has 1 unspecified atom stereocenters. The second-order valence-corrected chi connectivity index (χ2v) is 10.4. The third kappa shape index (κ3) is 5.67. The van der Waals surface area contributed by atoms with Crippen molar-refractivity contribution in [1.29, 1.82) is 0 Å². The molecule has 198 valence electrons. The van der Waals surface area contributed by atoms with E-state index in [1.54, 1.807) is 43.4 Å². The molecular formula is C24H29N5O7S. The van der Waals surface area contributed by atoms with Gasteiger partial charge in [0.15, 0.2) is 11.5 Å². The van der Waals surface area contributed by atoms with E-state index in [0.717, 1.165) is 11.8 Å². The van der Waals surface area contributed by atoms with Crippen LogP contribution in [0, 0.1) is 0 Å². The van der Waals surface area contributed by atoms with Crippen molar-refractivity contribution in [3.8, 4) is 22.9 Å². The molecule has 0 aliphatic carbocycles. The first-order valence-corrected chi connectivity index (χ1v) is 13.3. The average molecular weight is 532 g/mol. The lowest BCUT2D eigenvalue weighted by molar-refractivity contribution is 0.0776. The minimum Gasteiger partial charge on any atom is -0.496 e. The van der Waals surface area contributed by atoms with Crippen LogP contribution in [0.4, 0.5) is 0 Å². The Morgan fingerprint density at radius 3 is 2.41 bits per heavy atom. The molecule has 0 bridgehead atoms. The van der Waals surface area contributed by atoms with Gasteiger partial charge in [-0.25, -0.2) is 4.68 Å². The Hall–Kier alpha value is -3.71.